The van der Waals surface area contributed by atoms with Gasteiger partial charge in [0.2, 0.25) is 11.8 Å². The van der Waals surface area contributed by atoms with Gasteiger partial charge in [0.15, 0.2) is 0 Å². The summed E-state index contributed by atoms with van der Waals surface area (Å²) in [6.45, 7) is 2.68. The lowest BCUT2D eigenvalue weighted by molar-refractivity contribution is -0.121. The van der Waals surface area contributed by atoms with E-state index in [9.17, 15) is 9.59 Å². The van der Waals surface area contributed by atoms with Crippen molar-refractivity contribution in [3.05, 3.63) is 41.5 Å². The lowest BCUT2D eigenvalue weighted by Gasteiger charge is -2.14. The number of hydrogen-bond donors (Lipinski definition) is 3. The minimum atomic E-state index is -0.501. The zero-order chi connectivity index (χ0) is 15.8. The Morgan fingerprint density at radius 3 is 2.87 bits per heavy atom. The Labute approximate surface area is 141 Å². The van der Waals surface area contributed by atoms with Crippen molar-refractivity contribution in [1.82, 2.24) is 10.6 Å². The van der Waals surface area contributed by atoms with E-state index in [2.05, 4.69) is 16.7 Å². The van der Waals surface area contributed by atoms with Crippen LogP contribution in [-0.4, -0.2) is 38.1 Å². The summed E-state index contributed by atoms with van der Waals surface area (Å²) < 4.78 is 5.47. The van der Waals surface area contributed by atoms with Crippen molar-refractivity contribution in [2.75, 3.05) is 26.2 Å². The Balaban J connectivity index is 0.00000264. The van der Waals surface area contributed by atoms with Gasteiger partial charge < -0.3 is 21.1 Å². The molecule has 126 valence electrons. The van der Waals surface area contributed by atoms with Gasteiger partial charge in [-0.2, -0.15) is 0 Å². The predicted molar refractivity (Wildman–Crippen MR) is 90.9 cm³/mol. The molecule has 0 saturated heterocycles. The molecule has 23 heavy (non-hydrogen) atoms. The fourth-order valence-electron chi connectivity index (χ4n) is 2.13. The minimum Gasteiger partial charge on any atom is -0.493 e. The molecule has 0 atom stereocenters. The quantitative estimate of drug-likeness (QED) is 0.646. The van der Waals surface area contributed by atoms with Gasteiger partial charge in [0.25, 0.3) is 0 Å². The van der Waals surface area contributed by atoms with Gasteiger partial charge >= 0.3 is 0 Å². The molecule has 0 spiro atoms. The van der Waals surface area contributed by atoms with Gasteiger partial charge in [0, 0.05) is 18.7 Å². The topological polar surface area (TPSA) is 93.5 Å². The SMILES string of the molecule is Cl.NC(=O)c1cccc(OCCC(=O)NCC2=CCNCC2)c1. The van der Waals surface area contributed by atoms with Gasteiger partial charge in [0.05, 0.1) is 13.0 Å². The monoisotopic (exact) mass is 339 g/mol. The number of hydrogen-bond acceptors (Lipinski definition) is 4. The largest absolute Gasteiger partial charge is 0.493 e. The molecule has 7 heteroatoms. The van der Waals surface area contributed by atoms with Crippen molar-refractivity contribution in [2.24, 2.45) is 5.73 Å². The number of nitrogens with two attached hydrogens (primary N) is 1. The molecule has 0 aliphatic carbocycles. The summed E-state index contributed by atoms with van der Waals surface area (Å²) in [6.07, 6.45) is 3.35. The van der Waals surface area contributed by atoms with Crippen molar-refractivity contribution >= 4 is 24.2 Å². The van der Waals surface area contributed by atoms with Gasteiger partial charge in [-0.05, 0) is 31.2 Å². The number of rotatable bonds is 7. The fraction of sp³-hybridized carbons (Fsp3) is 0.375. The number of nitrogens with one attached hydrogen (secondary N) is 2. The van der Waals surface area contributed by atoms with E-state index in [1.165, 1.54) is 5.57 Å². The number of amides is 2. The highest BCUT2D eigenvalue weighted by Gasteiger charge is 2.07. The lowest BCUT2D eigenvalue weighted by Crippen LogP contribution is -2.30. The number of carbonyl (C=O) groups is 2. The summed E-state index contributed by atoms with van der Waals surface area (Å²) in [5.41, 5.74) is 6.84. The van der Waals surface area contributed by atoms with E-state index < -0.39 is 5.91 Å². The van der Waals surface area contributed by atoms with Gasteiger partial charge in [-0.25, -0.2) is 0 Å². The maximum atomic E-state index is 11.7. The molecule has 2 rings (SSSR count). The molecular weight excluding hydrogens is 318 g/mol. The number of benzene rings is 1. The highest BCUT2D eigenvalue weighted by molar-refractivity contribution is 5.93. The first-order chi connectivity index (χ1) is 10.6. The van der Waals surface area contributed by atoms with Crippen LogP contribution in [0.3, 0.4) is 0 Å². The predicted octanol–water partition coefficient (Wildman–Crippen LogP) is 1.01. The highest BCUT2D eigenvalue weighted by Crippen LogP contribution is 2.13. The third kappa shape index (κ3) is 6.71. The van der Waals surface area contributed by atoms with Crippen molar-refractivity contribution in [3.8, 4) is 5.75 Å². The summed E-state index contributed by atoms with van der Waals surface area (Å²) in [6, 6.07) is 6.61. The molecule has 0 unspecified atom stereocenters. The smallest absolute Gasteiger partial charge is 0.248 e. The highest BCUT2D eigenvalue weighted by atomic mass is 35.5. The van der Waals surface area contributed by atoms with Gasteiger partial charge in [-0.1, -0.05) is 17.7 Å². The normalized spacial score (nSPS) is 13.5. The molecule has 1 aromatic rings. The Morgan fingerprint density at radius 2 is 2.17 bits per heavy atom. The Bertz CT molecular complexity index is 575. The van der Waals surface area contributed by atoms with E-state index in [0.717, 1.165) is 19.5 Å². The average Bonchev–Trinajstić information content (AvgIpc) is 2.54. The van der Waals surface area contributed by atoms with Crippen LogP contribution < -0.4 is 21.1 Å². The Kier molecular flexibility index (Phi) is 8.15. The first-order valence-electron chi connectivity index (χ1n) is 7.33. The summed E-state index contributed by atoms with van der Waals surface area (Å²) in [5.74, 6) is -0.0194. The van der Waals surface area contributed by atoms with E-state index in [1.807, 2.05) is 0 Å². The van der Waals surface area contributed by atoms with Crippen LogP contribution in [-0.2, 0) is 4.79 Å². The molecule has 0 fully saturated rings. The molecule has 0 saturated carbocycles. The second kappa shape index (κ2) is 9.86. The van der Waals surface area contributed by atoms with Crippen LogP contribution >= 0.6 is 12.4 Å². The van der Waals surface area contributed by atoms with E-state index in [1.54, 1.807) is 24.3 Å². The summed E-state index contributed by atoms with van der Waals surface area (Å²) in [4.78, 5) is 22.8. The number of carbonyl (C=O) groups excluding carboxylic acids is 2. The van der Waals surface area contributed by atoms with Crippen LogP contribution in [0.5, 0.6) is 5.75 Å². The van der Waals surface area contributed by atoms with Crippen LogP contribution in [0.2, 0.25) is 0 Å². The fourth-order valence-corrected chi connectivity index (χ4v) is 2.13. The zero-order valence-electron chi connectivity index (χ0n) is 12.8. The first kappa shape index (κ1) is 19.0. The molecule has 0 radical (unpaired) electrons. The van der Waals surface area contributed by atoms with E-state index in [-0.39, 0.29) is 31.3 Å². The maximum absolute atomic E-state index is 11.7. The summed E-state index contributed by atoms with van der Waals surface area (Å²) in [5, 5.41) is 6.10. The molecule has 1 aromatic carbocycles. The van der Waals surface area contributed by atoms with Crippen molar-refractivity contribution < 1.29 is 14.3 Å². The third-order valence-corrected chi connectivity index (χ3v) is 3.39. The maximum Gasteiger partial charge on any atom is 0.248 e. The van der Waals surface area contributed by atoms with Crippen LogP contribution in [0.4, 0.5) is 0 Å². The second-order valence-electron chi connectivity index (χ2n) is 5.08. The molecule has 6 nitrogen and oxygen atoms in total. The van der Waals surface area contributed by atoms with Crippen molar-refractivity contribution in [1.29, 1.82) is 0 Å². The zero-order valence-corrected chi connectivity index (χ0v) is 13.7. The molecule has 1 aliphatic heterocycles. The minimum absolute atomic E-state index is 0. The molecule has 0 aromatic heterocycles. The van der Waals surface area contributed by atoms with Crippen LogP contribution in [0.1, 0.15) is 23.2 Å². The second-order valence-corrected chi connectivity index (χ2v) is 5.08. The Morgan fingerprint density at radius 1 is 1.35 bits per heavy atom. The molecule has 1 heterocycles. The van der Waals surface area contributed by atoms with Crippen molar-refractivity contribution in [3.63, 3.8) is 0 Å². The molecular formula is C16H22ClN3O3. The lowest BCUT2D eigenvalue weighted by atomic mass is 10.1. The molecule has 1 aliphatic rings. The summed E-state index contributed by atoms with van der Waals surface area (Å²) >= 11 is 0. The third-order valence-electron chi connectivity index (χ3n) is 3.39. The number of halogens is 1. The van der Waals surface area contributed by atoms with Crippen LogP contribution in [0, 0.1) is 0 Å². The van der Waals surface area contributed by atoms with E-state index >= 15 is 0 Å². The van der Waals surface area contributed by atoms with Gasteiger partial charge in [0.1, 0.15) is 5.75 Å². The van der Waals surface area contributed by atoms with Crippen molar-refractivity contribution in [2.45, 2.75) is 12.8 Å². The van der Waals surface area contributed by atoms with Crippen LogP contribution in [0.25, 0.3) is 0 Å². The molecule has 4 N–H and O–H groups in total. The number of ether oxygens (including phenoxy) is 1. The number of primary amides is 1. The van der Waals surface area contributed by atoms with Gasteiger partial charge in [-0.3, -0.25) is 9.59 Å². The molecule has 2 amide bonds. The first-order valence-corrected chi connectivity index (χ1v) is 7.33. The van der Waals surface area contributed by atoms with E-state index in [4.69, 9.17) is 10.5 Å². The van der Waals surface area contributed by atoms with E-state index in [0.29, 0.717) is 17.9 Å². The average molecular weight is 340 g/mol. The van der Waals surface area contributed by atoms with Crippen LogP contribution in [0.15, 0.2) is 35.9 Å². The standard InChI is InChI=1S/C16H21N3O3.ClH/c17-16(21)13-2-1-3-14(10-13)22-9-6-15(20)19-11-12-4-7-18-8-5-12;/h1-4,10,18H,5-9,11H2,(H2,17,21)(H,19,20);1H. The van der Waals surface area contributed by atoms with Gasteiger partial charge in [-0.15, -0.1) is 12.4 Å². The molecule has 0 bridgehead atoms. The Hall–Kier alpha value is -2.05. The summed E-state index contributed by atoms with van der Waals surface area (Å²) in [7, 11) is 0.